The number of fused-ring (bicyclic) bond motifs is 1. The summed E-state index contributed by atoms with van der Waals surface area (Å²) in [6.45, 7) is 0. The van der Waals surface area contributed by atoms with Gasteiger partial charge in [0.15, 0.2) is 6.29 Å². The second kappa shape index (κ2) is 5.73. The normalized spacial score (nSPS) is 11.5. The van der Waals surface area contributed by atoms with Crippen molar-refractivity contribution in [3.8, 4) is 0 Å². The van der Waals surface area contributed by atoms with Crippen LogP contribution in [-0.2, 0) is 10.0 Å². The minimum atomic E-state index is -4.12. The average molecular weight is 365 g/mol. The molecule has 0 amide bonds. The summed E-state index contributed by atoms with van der Waals surface area (Å²) in [4.78, 5) is 21.6. The quantitative estimate of drug-likeness (QED) is 0.402. The van der Waals surface area contributed by atoms with Gasteiger partial charge in [-0.25, -0.2) is 12.4 Å². The maximum absolute atomic E-state index is 12.9. The average Bonchev–Trinajstić information content (AvgIpc) is 2.94. The number of halogens is 1. The number of hydrogen-bond donors (Lipinski definition) is 0. The molecular weight excluding hydrogens is 356 g/mol. The zero-order valence-corrected chi connectivity index (χ0v) is 13.5. The standard InChI is InChI=1S/C15H9ClN2O5S/c16-11-4-1-2-7-14(11)24(22,23)17-8-10(9-19)15-12(17)5-3-6-13(15)18(20)21/h1-9H. The third-order valence-corrected chi connectivity index (χ3v) is 5.67. The van der Waals surface area contributed by atoms with Crippen LogP contribution in [0.5, 0.6) is 0 Å². The van der Waals surface area contributed by atoms with E-state index in [1.807, 2.05) is 0 Å². The summed E-state index contributed by atoms with van der Waals surface area (Å²) in [5.41, 5.74) is -0.401. The topological polar surface area (TPSA) is 99.3 Å². The zero-order chi connectivity index (χ0) is 17.5. The van der Waals surface area contributed by atoms with Gasteiger partial charge in [-0.3, -0.25) is 14.9 Å². The molecule has 2 aromatic carbocycles. The Hall–Kier alpha value is -2.71. The molecular formula is C15H9ClN2O5S. The second-order valence-corrected chi connectivity index (χ2v) is 7.05. The number of nitrogens with zero attached hydrogens (tertiary/aromatic N) is 2. The van der Waals surface area contributed by atoms with E-state index in [0.29, 0.717) is 6.29 Å². The Morgan fingerprint density at radius 1 is 1.12 bits per heavy atom. The first kappa shape index (κ1) is 16.2. The van der Waals surface area contributed by atoms with E-state index in [2.05, 4.69) is 0 Å². The first-order chi connectivity index (χ1) is 11.4. The fourth-order valence-electron chi connectivity index (χ4n) is 2.47. The molecule has 0 fully saturated rings. The van der Waals surface area contributed by atoms with E-state index in [-0.39, 0.29) is 32.1 Å². The summed E-state index contributed by atoms with van der Waals surface area (Å²) in [6, 6.07) is 9.79. The van der Waals surface area contributed by atoms with Gasteiger partial charge < -0.3 is 0 Å². The lowest BCUT2D eigenvalue weighted by atomic mass is 10.1. The van der Waals surface area contributed by atoms with Crippen molar-refractivity contribution >= 4 is 44.5 Å². The van der Waals surface area contributed by atoms with Crippen LogP contribution in [0.4, 0.5) is 5.69 Å². The van der Waals surface area contributed by atoms with Gasteiger partial charge >= 0.3 is 0 Å². The number of carbonyl (C=O) groups excluding carboxylic acids is 1. The van der Waals surface area contributed by atoms with Gasteiger partial charge in [-0.2, -0.15) is 0 Å². The van der Waals surface area contributed by atoms with Crippen molar-refractivity contribution in [3.05, 3.63) is 69.4 Å². The Morgan fingerprint density at radius 3 is 2.46 bits per heavy atom. The Labute approximate surface area is 141 Å². The lowest BCUT2D eigenvalue weighted by Crippen LogP contribution is -2.12. The van der Waals surface area contributed by atoms with Gasteiger partial charge in [-0.05, 0) is 18.2 Å². The largest absolute Gasteiger partial charge is 0.298 e. The van der Waals surface area contributed by atoms with E-state index in [1.54, 1.807) is 6.07 Å². The smallest absolute Gasteiger partial charge is 0.279 e. The van der Waals surface area contributed by atoms with Gasteiger partial charge in [0.05, 0.1) is 20.8 Å². The summed E-state index contributed by atoms with van der Waals surface area (Å²) in [5, 5.41) is 11.2. The lowest BCUT2D eigenvalue weighted by Gasteiger charge is -2.08. The van der Waals surface area contributed by atoms with Crippen LogP contribution < -0.4 is 0 Å². The first-order valence-corrected chi connectivity index (χ1v) is 8.43. The van der Waals surface area contributed by atoms with Crippen molar-refractivity contribution in [2.45, 2.75) is 4.90 Å². The number of nitro groups is 1. The summed E-state index contributed by atoms with van der Waals surface area (Å²) in [7, 11) is -4.12. The van der Waals surface area contributed by atoms with Gasteiger partial charge in [-0.1, -0.05) is 29.8 Å². The molecule has 7 nitrogen and oxygen atoms in total. The van der Waals surface area contributed by atoms with E-state index < -0.39 is 14.9 Å². The molecule has 3 rings (SSSR count). The van der Waals surface area contributed by atoms with E-state index in [1.165, 1.54) is 36.4 Å². The number of nitro benzene ring substituents is 1. The number of rotatable bonds is 4. The van der Waals surface area contributed by atoms with E-state index >= 15 is 0 Å². The van der Waals surface area contributed by atoms with Crippen molar-refractivity contribution in [1.29, 1.82) is 0 Å². The van der Waals surface area contributed by atoms with Gasteiger partial charge in [0.1, 0.15) is 4.90 Å². The van der Waals surface area contributed by atoms with Crippen molar-refractivity contribution in [3.63, 3.8) is 0 Å². The number of aromatic nitrogens is 1. The molecule has 0 spiro atoms. The van der Waals surface area contributed by atoms with E-state index in [4.69, 9.17) is 11.6 Å². The van der Waals surface area contributed by atoms with Crippen LogP contribution in [0.1, 0.15) is 10.4 Å². The molecule has 122 valence electrons. The Balaban J connectivity index is 2.40. The molecule has 9 heteroatoms. The number of aldehydes is 1. The monoisotopic (exact) mass is 364 g/mol. The fraction of sp³-hybridized carbons (Fsp3) is 0. The first-order valence-electron chi connectivity index (χ1n) is 6.61. The lowest BCUT2D eigenvalue weighted by molar-refractivity contribution is -0.383. The van der Waals surface area contributed by atoms with Gasteiger partial charge in [0, 0.05) is 17.8 Å². The van der Waals surface area contributed by atoms with Crippen LogP contribution in [0.25, 0.3) is 10.9 Å². The molecule has 24 heavy (non-hydrogen) atoms. The molecule has 0 atom stereocenters. The van der Waals surface area contributed by atoms with Crippen LogP contribution in [0, 0.1) is 10.1 Å². The SMILES string of the molecule is O=Cc1cn(S(=O)(=O)c2ccccc2Cl)c2cccc([N+](=O)[O-])c12. The van der Waals surface area contributed by atoms with Crippen LogP contribution >= 0.6 is 11.6 Å². The molecule has 0 saturated heterocycles. The molecule has 0 aliphatic heterocycles. The molecule has 0 aliphatic carbocycles. The third-order valence-electron chi connectivity index (χ3n) is 3.50. The Kier molecular flexibility index (Phi) is 3.86. The maximum Gasteiger partial charge on any atom is 0.279 e. The molecule has 0 aliphatic rings. The minimum absolute atomic E-state index is 0.0115. The zero-order valence-electron chi connectivity index (χ0n) is 11.9. The highest BCUT2D eigenvalue weighted by molar-refractivity contribution is 7.90. The van der Waals surface area contributed by atoms with Crippen molar-refractivity contribution in [2.75, 3.05) is 0 Å². The van der Waals surface area contributed by atoms with Crippen LogP contribution in [0.15, 0.2) is 53.6 Å². The predicted molar refractivity (Wildman–Crippen MR) is 88.0 cm³/mol. The van der Waals surface area contributed by atoms with Crippen LogP contribution in [0.2, 0.25) is 5.02 Å². The number of hydrogen-bond acceptors (Lipinski definition) is 5. The van der Waals surface area contributed by atoms with Crippen molar-refractivity contribution in [2.24, 2.45) is 0 Å². The summed E-state index contributed by atoms with van der Waals surface area (Å²) < 4.78 is 26.6. The maximum atomic E-state index is 12.9. The number of benzene rings is 2. The highest BCUT2D eigenvalue weighted by Gasteiger charge is 2.26. The van der Waals surface area contributed by atoms with Crippen LogP contribution in [0.3, 0.4) is 0 Å². The molecule has 0 unspecified atom stereocenters. The second-order valence-electron chi connectivity index (χ2n) is 4.86. The molecule has 0 radical (unpaired) electrons. The van der Waals surface area contributed by atoms with Crippen LogP contribution in [-0.4, -0.2) is 23.6 Å². The summed E-state index contributed by atoms with van der Waals surface area (Å²) in [6.07, 6.45) is 1.44. The van der Waals surface area contributed by atoms with E-state index in [9.17, 15) is 23.3 Å². The van der Waals surface area contributed by atoms with Gasteiger partial charge in [-0.15, -0.1) is 0 Å². The molecule has 1 aromatic heterocycles. The number of non-ortho nitro benzene ring substituents is 1. The van der Waals surface area contributed by atoms with Crippen molar-refractivity contribution in [1.82, 2.24) is 3.97 Å². The van der Waals surface area contributed by atoms with Gasteiger partial charge in [0.2, 0.25) is 0 Å². The molecule has 0 bridgehead atoms. The Morgan fingerprint density at radius 2 is 1.83 bits per heavy atom. The summed E-state index contributed by atoms with van der Waals surface area (Å²) >= 11 is 5.96. The van der Waals surface area contributed by atoms with Crippen molar-refractivity contribution < 1.29 is 18.1 Å². The molecule has 0 N–H and O–H groups in total. The minimum Gasteiger partial charge on any atom is -0.298 e. The number of carbonyl (C=O) groups is 1. The van der Waals surface area contributed by atoms with E-state index in [0.717, 1.165) is 10.2 Å². The Bertz CT molecular complexity index is 1090. The molecule has 1 heterocycles. The molecule has 0 saturated carbocycles. The molecule has 3 aromatic rings. The summed E-state index contributed by atoms with van der Waals surface area (Å²) in [5.74, 6) is 0. The fourth-order valence-corrected chi connectivity index (χ4v) is 4.34. The third kappa shape index (κ3) is 2.36. The highest BCUT2D eigenvalue weighted by atomic mass is 35.5. The predicted octanol–water partition coefficient (Wildman–Crippen LogP) is 3.25. The van der Waals surface area contributed by atoms with Gasteiger partial charge in [0.25, 0.3) is 15.7 Å². The highest BCUT2D eigenvalue weighted by Crippen LogP contribution is 2.33.